The van der Waals surface area contributed by atoms with E-state index in [4.69, 9.17) is 11.6 Å². The van der Waals surface area contributed by atoms with Crippen LogP contribution in [0.15, 0.2) is 79.3 Å². The molecule has 5 nitrogen and oxygen atoms in total. The number of nitrogens with one attached hydrogen (secondary N) is 1. The van der Waals surface area contributed by atoms with Gasteiger partial charge in [0, 0.05) is 12.4 Å². The minimum Gasteiger partial charge on any atom is -0.320 e. The van der Waals surface area contributed by atoms with Gasteiger partial charge < -0.3 is 9.88 Å². The Labute approximate surface area is 161 Å². The molecular formula is C21H17ClN4O. The summed E-state index contributed by atoms with van der Waals surface area (Å²) in [5.41, 5.74) is 2.92. The largest absolute Gasteiger partial charge is 0.320 e. The molecule has 0 aliphatic heterocycles. The predicted octanol–water partition coefficient (Wildman–Crippen LogP) is 4.88. The third kappa shape index (κ3) is 3.37. The topological polar surface area (TPSA) is 51.9 Å². The van der Waals surface area contributed by atoms with Gasteiger partial charge in [0.2, 0.25) is 0 Å². The molecule has 1 amide bonds. The number of halogens is 1. The summed E-state index contributed by atoms with van der Waals surface area (Å²) in [5.74, 6) is 0.388. The highest BCUT2D eigenvalue weighted by Crippen LogP contribution is 2.25. The van der Waals surface area contributed by atoms with Gasteiger partial charge in [-0.05, 0) is 48.9 Å². The highest BCUT2D eigenvalue weighted by molar-refractivity contribution is 6.34. The normalized spacial score (nSPS) is 10.7. The Hall–Kier alpha value is -3.31. The van der Waals surface area contributed by atoms with Crippen LogP contribution in [0.25, 0.3) is 11.5 Å². The van der Waals surface area contributed by atoms with E-state index < -0.39 is 0 Å². The molecule has 2 aromatic carbocycles. The number of rotatable bonds is 4. The first kappa shape index (κ1) is 17.1. The lowest BCUT2D eigenvalue weighted by Crippen LogP contribution is -2.15. The fourth-order valence-corrected chi connectivity index (χ4v) is 3.18. The molecule has 0 saturated heterocycles. The molecule has 0 atom stereocenters. The van der Waals surface area contributed by atoms with Gasteiger partial charge >= 0.3 is 0 Å². The summed E-state index contributed by atoms with van der Waals surface area (Å²) in [5, 5.41) is 7.83. The van der Waals surface area contributed by atoms with Crippen molar-refractivity contribution in [3.8, 4) is 11.5 Å². The van der Waals surface area contributed by atoms with Crippen molar-refractivity contribution in [2.24, 2.45) is 0 Å². The average molecular weight is 377 g/mol. The number of carbonyl (C=O) groups excluding carboxylic acids is 1. The van der Waals surface area contributed by atoms with Crippen LogP contribution < -0.4 is 5.32 Å². The molecule has 0 spiro atoms. The number of nitrogens with zero attached hydrogens (tertiary/aromatic N) is 3. The van der Waals surface area contributed by atoms with Crippen molar-refractivity contribution < 1.29 is 4.79 Å². The van der Waals surface area contributed by atoms with Crippen molar-refractivity contribution in [3.05, 3.63) is 95.4 Å². The third-order valence-corrected chi connectivity index (χ3v) is 4.52. The van der Waals surface area contributed by atoms with Crippen LogP contribution in [0, 0.1) is 6.92 Å². The van der Waals surface area contributed by atoms with Crippen LogP contribution >= 0.6 is 11.6 Å². The second kappa shape index (κ2) is 7.13. The molecule has 4 rings (SSSR count). The fraction of sp³-hybridized carbons (Fsp3) is 0.0476. The van der Waals surface area contributed by atoms with Gasteiger partial charge in [0.15, 0.2) is 5.82 Å². The van der Waals surface area contributed by atoms with Gasteiger partial charge in [0.1, 0.15) is 5.56 Å². The van der Waals surface area contributed by atoms with E-state index in [1.165, 1.54) is 0 Å². The quantitative estimate of drug-likeness (QED) is 0.552. The monoisotopic (exact) mass is 376 g/mol. The lowest BCUT2D eigenvalue weighted by Gasteiger charge is -2.12. The molecule has 2 aromatic heterocycles. The summed E-state index contributed by atoms with van der Waals surface area (Å²) in [6, 6.07) is 19.0. The molecule has 0 fully saturated rings. The van der Waals surface area contributed by atoms with Crippen molar-refractivity contribution in [1.29, 1.82) is 0 Å². The summed E-state index contributed by atoms with van der Waals surface area (Å²) in [4.78, 5) is 13.0. The van der Waals surface area contributed by atoms with E-state index in [0.29, 0.717) is 22.1 Å². The van der Waals surface area contributed by atoms with Gasteiger partial charge in [0.05, 0.1) is 22.6 Å². The zero-order valence-electron chi connectivity index (χ0n) is 14.6. The molecule has 0 aliphatic rings. The van der Waals surface area contributed by atoms with Crippen molar-refractivity contribution >= 4 is 23.2 Å². The Bertz CT molecular complexity index is 1080. The predicted molar refractivity (Wildman–Crippen MR) is 107 cm³/mol. The molecule has 4 aromatic rings. The minimum atomic E-state index is -0.272. The number of hydrogen-bond donors (Lipinski definition) is 1. The molecule has 0 aliphatic carbocycles. The van der Waals surface area contributed by atoms with Gasteiger partial charge in [-0.1, -0.05) is 35.9 Å². The van der Waals surface area contributed by atoms with Crippen LogP contribution in [0.4, 0.5) is 5.69 Å². The maximum absolute atomic E-state index is 13.0. The Balaban J connectivity index is 1.76. The number of carbonyl (C=O) groups is 1. The zero-order chi connectivity index (χ0) is 18.8. The van der Waals surface area contributed by atoms with Crippen LogP contribution in [0.5, 0.6) is 0 Å². The highest BCUT2D eigenvalue weighted by atomic mass is 35.5. The number of aryl methyl sites for hydroxylation is 1. The van der Waals surface area contributed by atoms with Gasteiger partial charge in [-0.3, -0.25) is 4.79 Å². The molecule has 0 bridgehead atoms. The Morgan fingerprint density at radius 3 is 2.48 bits per heavy atom. The maximum Gasteiger partial charge on any atom is 0.261 e. The van der Waals surface area contributed by atoms with Crippen LogP contribution in [0.3, 0.4) is 0 Å². The van der Waals surface area contributed by atoms with E-state index in [1.807, 2.05) is 78.5 Å². The lowest BCUT2D eigenvalue weighted by atomic mass is 10.2. The smallest absolute Gasteiger partial charge is 0.261 e. The molecule has 0 unspecified atom stereocenters. The lowest BCUT2D eigenvalue weighted by molar-refractivity contribution is 0.102. The van der Waals surface area contributed by atoms with Crippen molar-refractivity contribution in [3.63, 3.8) is 0 Å². The van der Waals surface area contributed by atoms with E-state index in [-0.39, 0.29) is 5.91 Å². The number of amides is 1. The summed E-state index contributed by atoms with van der Waals surface area (Å²) in [7, 11) is 0. The van der Waals surface area contributed by atoms with Crippen molar-refractivity contribution in [2.75, 3.05) is 5.32 Å². The Morgan fingerprint density at radius 1 is 1.04 bits per heavy atom. The number of anilines is 1. The van der Waals surface area contributed by atoms with Crippen molar-refractivity contribution in [1.82, 2.24) is 14.3 Å². The third-order valence-electron chi connectivity index (χ3n) is 4.21. The van der Waals surface area contributed by atoms with E-state index in [9.17, 15) is 4.79 Å². The first-order chi connectivity index (χ1) is 13.1. The molecule has 0 radical (unpaired) electrons. The van der Waals surface area contributed by atoms with Gasteiger partial charge in [-0.25, -0.2) is 4.68 Å². The average Bonchev–Trinajstić information content (AvgIpc) is 3.33. The zero-order valence-corrected chi connectivity index (χ0v) is 15.4. The van der Waals surface area contributed by atoms with Crippen LogP contribution in [0.2, 0.25) is 5.02 Å². The summed E-state index contributed by atoms with van der Waals surface area (Å²) < 4.78 is 3.61. The molecule has 0 saturated carbocycles. The first-order valence-corrected chi connectivity index (χ1v) is 8.85. The number of aromatic nitrogens is 3. The molecule has 27 heavy (non-hydrogen) atoms. The highest BCUT2D eigenvalue weighted by Gasteiger charge is 2.20. The van der Waals surface area contributed by atoms with Gasteiger partial charge in [0.25, 0.3) is 5.91 Å². The molecule has 1 N–H and O–H groups in total. The standard InChI is InChI=1S/C21H17ClN4O/c1-15-9-10-19(18(22)13-15)24-20(27)17-14-23-26(16-7-3-2-4-8-16)21(17)25-11-5-6-12-25/h2-14H,1H3,(H,24,27). The number of benzene rings is 2. The van der Waals surface area contributed by atoms with E-state index in [2.05, 4.69) is 10.4 Å². The van der Waals surface area contributed by atoms with Gasteiger partial charge in [-0.2, -0.15) is 5.10 Å². The molecule has 134 valence electrons. The fourth-order valence-electron chi connectivity index (χ4n) is 2.90. The second-order valence-electron chi connectivity index (χ2n) is 6.16. The SMILES string of the molecule is Cc1ccc(NC(=O)c2cnn(-c3ccccc3)c2-n2cccc2)c(Cl)c1. The Kier molecular flexibility index (Phi) is 4.52. The summed E-state index contributed by atoms with van der Waals surface area (Å²) in [6.45, 7) is 1.95. The number of hydrogen-bond acceptors (Lipinski definition) is 2. The van der Waals surface area contributed by atoms with Crippen LogP contribution in [0.1, 0.15) is 15.9 Å². The van der Waals surface area contributed by atoms with Crippen LogP contribution in [-0.2, 0) is 0 Å². The summed E-state index contributed by atoms with van der Waals surface area (Å²) in [6.07, 6.45) is 5.33. The second-order valence-corrected chi connectivity index (χ2v) is 6.56. The molecular weight excluding hydrogens is 360 g/mol. The molecule has 2 heterocycles. The van der Waals surface area contributed by atoms with E-state index >= 15 is 0 Å². The minimum absolute atomic E-state index is 0.272. The first-order valence-electron chi connectivity index (χ1n) is 8.48. The van der Waals surface area contributed by atoms with E-state index in [1.54, 1.807) is 16.9 Å². The van der Waals surface area contributed by atoms with Gasteiger partial charge in [-0.15, -0.1) is 0 Å². The van der Waals surface area contributed by atoms with Crippen molar-refractivity contribution in [2.45, 2.75) is 6.92 Å². The summed E-state index contributed by atoms with van der Waals surface area (Å²) >= 11 is 6.26. The number of para-hydroxylation sites is 1. The van der Waals surface area contributed by atoms with Crippen LogP contribution in [-0.4, -0.2) is 20.3 Å². The molecule has 6 heteroatoms. The van der Waals surface area contributed by atoms with E-state index in [0.717, 1.165) is 11.3 Å². The maximum atomic E-state index is 13.0. The Morgan fingerprint density at radius 2 is 1.78 bits per heavy atom.